The number of para-hydroxylation sites is 1. The van der Waals surface area contributed by atoms with Gasteiger partial charge in [0.25, 0.3) is 0 Å². The van der Waals surface area contributed by atoms with Crippen LogP contribution in [0.5, 0.6) is 11.5 Å². The number of nitrogen functional groups attached to an aromatic ring is 1. The summed E-state index contributed by atoms with van der Waals surface area (Å²) in [5, 5.41) is 5.49. The number of benzene rings is 2. The van der Waals surface area contributed by atoms with Crippen LogP contribution in [0.25, 0.3) is 22.3 Å². The van der Waals surface area contributed by atoms with Gasteiger partial charge in [0.2, 0.25) is 0 Å². The predicted octanol–water partition coefficient (Wildman–Crippen LogP) is 4.35. The van der Waals surface area contributed by atoms with Gasteiger partial charge in [0.15, 0.2) is 5.65 Å². The van der Waals surface area contributed by atoms with Gasteiger partial charge >= 0.3 is 0 Å². The van der Waals surface area contributed by atoms with E-state index >= 15 is 4.39 Å². The molecule has 186 valence electrons. The van der Waals surface area contributed by atoms with Gasteiger partial charge in [0, 0.05) is 43.9 Å². The Kier molecular flexibility index (Phi) is 6.02. The summed E-state index contributed by atoms with van der Waals surface area (Å²) in [6.07, 6.45) is 4.57. The first kappa shape index (κ1) is 22.9. The van der Waals surface area contributed by atoms with Crippen LogP contribution in [0.3, 0.4) is 0 Å². The topological polar surface area (TPSA) is 85.3 Å². The standard InChI is InChI=1S/C27H30FN7O/c1-33-11-13-34(14-12-33)18-7-8-19(15-18)35-27-24(26(29)30-17-31-27)25(32-35)22-10-9-21(16-23(22)28)36-20-5-3-2-4-6-20/h2-6,9-10,16-19H,7-8,11-15H2,1H3,(H2,29,30,31). The molecule has 2 N–H and O–H groups in total. The SMILES string of the molecule is CN1CCN(C2CCC(n3nc(-c4ccc(Oc5ccccc5)cc4F)c4c(N)ncnc43)C2)CC1. The molecular weight excluding hydrogens is 457 g/mol. The Morgan fingerprint density at radius 1 is 0.944 bits per heavy atom. The largest absolute Gasteiger partial charge is 0.457 e. The summed E-state index contributed by atoms with van der Waals surface area (Å²) >= 11 is 0. The number of hydrogen-bond acceptors (Lipinski definition) is 7. The lowest BCUT2D eigenvalue weighted by molar-refractivity contribution is 0.112. The fourth-order valence-electron chi connectivity index (χ4n) is 5.49. The van der Waals surface area contributed by atoms with Gasteiger partial charge in [0.1, 0.15) is 35.2 Å². The molecule has 9 heteroatoms. The van der Waals surface area contributed by atoms with Crippen LogP contribution in [0, 0.1) is 5.82 Å². The average molecular weight is 488 g/mol. The Morgan fingerprint density at radius 2 is 1.72 bits per heavy atom. The number of fused-ring (bicyclic) bond motifs is 1. The van der Waals surface area contributed by atoms with E-state index < -0.39 is 5.82 Å². The number of anilines is 1. The lowest BCUT2D eigenvalue weighted by Crippen LogP contribution is -2.48. The molecule has 2 atom stereocenters. The molecule has 1 saturated heterocycles. The van der Waals surface area contributed by atoms with Gasteiger partial charge in [-0.15, -0.1) is 0 Å². The molecule has 4 aromatic rings. The van der Waals surface area contributed by atoms with Crippen molar-refractivity contribution in [2.45, 2.75) is 31.3 Å². The summed E-state index contributed by atoms with van der Waals surface area (Å²) in [4.78, 5) is 13.7. The number of nitrogens with zero attached hydrogens (tertiary/aromatic N) is 6. The minimum Gasteiger partial charge on any atom is -0.457 e. The molecule has 36 heavy (non-hydrogen) atoms. The summed E-state index contributed by atoms with van der Waals surface area (Å²) in [5.41, 5.74) is 7.76. The Hall–Kier alpha value is -3.56. The molecule has 1 aliphatic carbocycles. The van der Waals surface area contributed by atoms with E-state index in [4.69, 9.17) is 15.6 Å². The molecule has 2 aliphatic rings. The third kappa shape index (κ3) is 4.29. The highest BCUT2D eigenvalue weighted by Gasteiger charge is 2.34. The maximum atomic E-state index is 15.4. The van der Waals surface area contributed by atoms with E-state index in [9.17, 15) is 0 Å². The van der Waals surface area contributed by atoms with Gasteiger partial charge in [-0.1, -0.05) is 18.2 Å². The zero-order valence-corrected chi connectivity index (χ0v) is 20.3. The Bertz CT molecular complexity index is 1370. The van der Waals surface area contributed by atoms with Gasteiger partial charge in [-0.3, -0.25) is 4.90 Å². The zero-order valence-electron chi connectivity index (χ0n) is 20.3. The molecule has 2 aromatic carbocycles. The monoisotopic (exact) mass is 487 g/mol. The number of ether oxygens (including phenoxy) is 1. The van der Waals surface area contributed by atoms with Crippen molar-refractivity contribution in [3.05, 3.63) is 60.7 Å². The first-order valence-electron chi connectivity index (χ1n) is 12.5. The van der Waals surface area contributed by atoms with Gasteiger partial charge < -0.3 is 15.4 Å². The van der Waals surface area contributed by atoms with Crippen molar-refractivity contribution < 1.29 is 9.13 Å². The number of piperazine rings is 1. The molecule has 1 saturated carbocycles. The molecule has 0 bridgehead atoms. The van der Waals surface area contributed by atoms with Gasteiger partial charge in [-0.05, 0) is 50.6 Å². The minimum atomic E-state index is -0.431. The van der Waals surface area contributed by atoms with Crippen molar-refractivity contribution in [1.82, 2.24) is 29.5 Å². The highest BCUT2D eigenvalue weighted by atomic mass is 19.1. The van der Waals surface area contributed by atoms with E-state index in [0.29, 0.717) is 45.6 Å². The number of hydrogen-bond donors (Lipinski definition) is 1. The molecule has 6 rings (SSSR count). The number of halogens is 1. The van der Waals surface area contributed by atoms with E-state index in [1.807, 2.05) is 35.0 Å². The van der Waals surface area contributed by atoms with E-state index in [-0.39, 0.29) is 6.04 Å². The highest BCUT2D eigenvalue weighted by Crippen LogP contribution is 2.39. The van der Waals surface area contributed by atoms with Gasteiger partial charge in [-0.25, -0.2) is 19.0 Å². The highest BCUT2D eigenvalue weighted by molar-refractivity contribution is 5.98. The summed E-state index contributed by atoms with van der Waals surface area (Å²) in [7, 11) is 2.18. The fourth-order valence-corrected chi connectivity index (χ4v) is 5.49. The molecule has 2 unspecified atom stereocenters. The molecule has 2 aromatic heterocycles. The molecular formula is C27H30FN7O. The number of rotatable bonds is 5. The summed E-state index contributed by atoms with van der Waals surface area (Å²) in [5.74, 6) is 0.938. The van der Waals surface area contributed by atoms with E-state index in [2.05, 4.69) is 26.8 Å². The third-order valence-electron chi connectivity index (χ3n) is 7.47. The molecule has 8 nitrogen and oxygen atoms in total. The molecule has 2 fully saturated rings. The second-order valence-corrected chi connectivity index (χ2v) is 9.77. The fraction of sp³-hybridized carbons (Fsp3) is 0.370. The lowest BCUT2D eigenvalue weighted by atomic mass is 10.1. The Labute approximate surface area is 209 Å². The number of likely N-dealkylation sites (N-methyl/N-ethyl adjacent to an activating group) is 1. The van der Waals surface area contributed by atoms with Gasteiger partial charge in [-0.2, -0.15) is 5.10 Å². The first-order chi connectivity index (χ1) is 17.6. The lowest BCUT2D eigenvalue weighted by Gasteiger charge is -2.36. The number of aromatic nitrogens is 4. The van der Waals surface area contributed by atoms with Crippen LogP contribution >= 0.6 is 0 Å². The van der Waals surface area contributed by atoms with Crippen molar-refractivity contribution in [2.24, 2.45) is 0 Å². The van der Waals surface area contributed by atoms with Crippen LogP contribution in [0.2, 0.25) is 0 Å². The normalized spacial score (nSPS) is 21.3. The Balaban J connectivity index is 1.31. The van der Waals surface area contributed by atoms with E-state index in [1.54, 1.807) is 12.1 Å². The van der Waals surface area contributed by atoms with Crippen LogP contribution in [0.1, 0.15) is 25.3 Å². The molecule has 0 radical (unpaired) electrons. The van der Waals surface area contributed by atoms with Crippen LogP contribution < -0.4 is 10.5 Å². The molecule has 0 amide bonds. The van der Waals surface area contributed by atoms with Crippen LogP contribution in [-0.4, -0.2) is 68.8 Å². The number of nitrogens with two attached hydrogens (primary N) is 1. The molecule has 0 spiro atoms. The van der Waals surface area contributed by atoms with Crippen molar-refractivity contribution in [2.75, 3.05) is 39.0 Å². The van der Waals surface area contributed by atoms with Crippen molar-refractivity contribution >= 4 is 16.9 Å². The first-order valence-corrected chi connectivity index (χ1v) is 12.5. The van der Waals surface area contributed by atoms with Gasteiger partial charge in [0.05, 0.1) is 11.4 Å². The third-order valence-corrected chi connectivity index (χ3v) is 7.47. The second-order valence-electron chi connectivity index (χ2n) is 9.77. The maximum absolute atomic E-state index is 15.4. The molecule has 3 heterocycles. The minimum absolute atomic E-state index is 0.184. The van der Waals surface area contributed by atoms with Crippen LogP contribution in [-0.2, 0) is 0 Å². The van der Waals surface area contributed by atoms with E-state index in [0.717, 1.165) is 45.4 Å². The van der Waals surface area contributed by atoms with Crippen molar-refractivity contribution in [1.29, 1.82) is 0 Å². The zero-order chi connectivity index (χ0) is 24.6. The van der Waals surface area contributed by atoms with E-state index in [1.165, 1.54) is 12.4 Å². The average Bonchev–Trinajstić information content (AvgIpc) is 3.51. The molecule has 1 aliphatic heterocycles. The summed E-state index contributed by atoms with van der Waals surface area (Å²) in [6.45, 7) is 4.39. The van der Waals surface area contributed by atoms with Crippen molar-refractivity contribution in [3.8, 4) is 22.8 Å². The summed E-state index contributed by atoms with van der Waals surface area (Å²) in [6, 6.07) is 14.8. The van der Waals surface area contributed by atoms with Crippen molar-refractivity contribution in [3.63, 3.8) is 0 Å². The Morgan fingerprint density at radius 3 is 2.50 bits per heavy atom. The second kappa shape index (κ2) is 9.48. The smallest absolute Gasteiger partial charge is 0.164 e. The van der Waals surface area contributed by atoms with Crippen LogP contribution in [0.4, 0.5) is 10.2 Å². The predicted molar refractivity (Wildman–Crippen MR) is 137 cm³/mol. The quantitative estimate of drug-likeness (QED) is 0.448. The summed E-state index contributed by atoms with van der Waals surface area (Å²) < 4.78 is 23.2. The van der Waals surface area contributed by atoms with Crippen LogP contribution in [0.15, 0.2) is 54.9 Å². The maximum Gasteiger partial charge on any atom is 0.164 e.